The summed E-state index contributed by atoms with van der Waals surface area (Å²) in [5.74, 6) is 0.779. The molecule has 4 heteroatoms. The Bertz CT molecular complexity index is 216. The number of hydrogen-bond donors (Lipinski definition) is 2. The summed E-state index contributed by atoms with van der Waals surface area (Å²) in [5, 5.41) is 12.9. The first-order valence-corrected chi connectivity index (χ1v) is 6.52. The fourth-order valence-corrected chi connectivity index (χ4v) is 3.20. The molecule has 2 aliphatic heterocycles. The molecule has 2 unspecified atom stereocenters. The van der Waals surface area contributed by atoms with Gasteiger partial charge in [-0.3, -0.25) is 10.2 Å². The van der Waals surface area contributed by atoms with Gasteiger partial charge < -0.3 is 10.0 Å². The van der Waals surface area contributed by atoms with Gasteiger partial charge >= 0.3 is 0 Å². The lowest BCUT2D eigenvalue weighted by Crippen LogP contribution is -2.50. The second-order valence-corrected chi connectivity index (χ2v) is 5.25. The summed E-state index contributed by atoms with van der Waals surface area (Å²) in [5.41, 5.74) is 0. The van der Waals surface area contributed by atoms with E-state index in [1.165, 1.54) is 38.8 Å². The van der Waals surface area contributed by atoms with Gasteiger partial charge in [0.15, 0.2) is 6.35 Å². The highest BCUT2D eigenvalue weighted by atomic mass is 16.3. The SMILES string of the molecule is CNC(O)N1CCCC1C1CCN(C)CC1. The number of aliphatic hydroxyl groups is 1. The number of hydrogen-bond acceptors (Lipinski definition) is 4. The molecular formula is C12H25N3O. The van der Waals surface area contributed by atoms with Gasteiger partial charge in [-0.05, 0) is 58.8 Å². The average Bonchev–Trinajstić information content (AvgIpc) is 2.78. The van der Waals surface area contributed by atoms with Crippen LogP contribution in [0.4, 0.5) is 0 Å². The Balaban J connectivity index is 1.92. The van der Waals surface area contributed by atoms with Gasteiger partial charge in [0.2, 0.25) is 0 Å². The van der Waals surface area contributed by atoms with Crippen molar-refractivity contribution in [3.8, 4) is 0 Å². The molecule has 0 spiro atoms. The second kappa shape index (κ2) is 5.45. The molecule has 2 atom stereocenters. The molecule has 0 radical (unpaired) electrons. The van der Waals surface area contributed by atoms with Gasteiger partial charge in [-0.1, -0.05) is 0 Å². The highest BCUT2D eigenvalue weighted by Crippen LogP contribution is 2.31. The van der Waals surface area contributed by atoms with Crippen molar-refractivity contribution in [2.24, 2.45) is 5.92 Å². The van der Waals surface area contributed by atoms with Crippen LogP contribution in [0.3, 0.4) is 0 Å². The van der Waals surface area contributed by atoms with Crippen molar-refractivity contribution in [2.75, 3.05) is 33.7 Å². The Labute approximate surface area is 98.6 Å². The van der Waals surface area contributed by atoms with E-state index in [2.05, 4.69) is 22.2 Å². The van der Waals surface area contributed by atoms with Crippen molar-refractivity contribution in [3.63, 3.8) is 0 Å². The smallest absolute Gasteiger partial charge is 0.163 e. The van der Waals surface area contributed by atoms with Crippen LogP contribution in [0.1, 0.15) is 25.7 Å². The molecule has 0 bridgehead atoms. The number of likely N-dealkylation sites (tertiary alicyclic amines) is 2. The van der Waals surface area contributed by atoms with Crippen LogP contribution >= 0.6 is 0 Å². The van der Waals surface area contributed by atoms with Crippen LogP contribution in [-0.4, -0.2) is 61.0 Å². The van der Waals surface area contributed by atoms with E-state index in [9.17, 15) is 5.11 Å². The summed E-state index contributed by atoms with van der Waals surface area (Å²) in [6, 6.07) is 0.594. The zero-order valence-electron chi connectivity index (χ0n) is 10.5. The Hall–Kier alpha value is -0.160. The van der Waals surface area contributed by atoms with Crippen LogP contribution in [0.25, 0.3) is 0 Å². The Morgan fingerprint density at radius 2 is 1.88 bits per heavy atom. The molecule has 2 heterocycles. The van der Waals surface area contributed by atoms with Crippen LogP contribution in [0.2, 0.25) is 0 Å². The molecule has 2 fully saturated rings. The monoisotopic (exact) mass is 227 g/mol. The number of aliphatic hydroxyl groups excluding tert-OH is 1. The molecule has 0 amide bonds. The summed E-state index contributed by atoms with van der Waals surface area (Å²) in [7, 11) is 4.03. The molecule has 2 rings (SSSR count). The van der Waals surface area contributed by atoms with Gasteiger partial charge in [-0.15, -0.1) is 0 Å². The first-order chi connectivity index (χ1) is 7.72. The van der Waals surface area contributed by atoms with Crippen molar-refractivity contribution in [2.45, 2.75) is 38.1 Å². The fraction of sp³-hybridized carbons (Fsp3) is 1.00. The lowest BCUT2D eigenvalue weighted by Gasteiger charge is -2.38. The zero-order valence-corrected chi connectivity index (χ0v) is 10.5. The fourth-order valence-electron chi connectivity index (χ4n) is 3.20. The van der Waals surface area contributed by atoms with E-state index in [0.717, 1.165) is 12.5 Å². The third-order valence-corrected chi connectivity index (χ3v) is 4.22. The van der Waals surface area contributed by atoms with E-state index >= 15 is 0 Å². The minimum Gasteiger partial charge on any atom is -0.365 e. The van der Waals surface area contributed by atoms with Crippen molar-refractivity contribution in [1.29, 1.82) is 0 Å². The molecule has 0 aromatic carbocycles. The van der Waals surface area contributed by atoms with Gasteiger partial charge in [0, 0.05) is 12.6 Å². The maximum absolute atomic E-state index is 9.92. The van der Waals surface area contributed by atoms with Gasteiger partial charge in [-0.25, -0.2) is 0 Å². The average molecular weight is 227 g/mol. The predicted molar refractivity (Wildman–Crippen MR) is 65.0 cm³/mol. The van der Waals surface area contributed by atoms with Crippen LogP contribution < -0.4 is 5.32 Å². The summed E-state index contributed by atoms with van der Waals surface area (Å²) in [4.78, 5) is 4.65. The highest BCUT2D eigenvalue weighted by Gasteiger charge is 2.35. The van der Waals surface area contributed by atoms with E-state index in [1.54, 1.807) is 0 Å². The largest absolute Gasteiger partial charge is 0.365 e. The summed E-state index contributed by atoms with van der Waals surface area (Å²) in [6.45, 7) is 3.47. The minimum absolute atomic E-state index is 0.452. The molecule has 0 aliphatic carbocycles. The molecule has 16 heavy (non-hydrogen) atoms. The van der Waals surface area contributed by atoms with E-state index in [1.807, 2.05) is 7.05 Å². The quantitative estimate of drug-likeness (QED) is 0.680. The lowest BCUT2D eigenvalue weighted by molar-refractivity contribution is -0.0435. The molecule has 4 nitrogen and oxygen atoms in total. The molecule has 0 aromatic heterocycles. The van der Waals surface area contributed by atoms with Crippen LogP contribution in [-0.2, 0) is 0 Å². The first-order valence-electron chi connectivity index (χ1n) is 6.52. The topological polar surface area (TPSA) is 38.7 Å². The van der Waals surface area contributed by atoms with Crippen molar-refractivity contribution >= 4 is 0 Å². The van der Waals surface area contributed by atoms with E-state index in [4.69, 9.17) is 0 Å². The first kappa shape index (κ1) is 12.3. The number of nitrogens with one attached hydrogen (secondary N) is 1. The number of rotatable bonds is 3. The van der Waals surface area contributed by atoms with Crippen molar-refractivity contribution in [1.82, 2.24) is 15.1 Å². The number of nitrogens with zero attached hydrogens (tertiary/aromatic N) is 2. The normalized spacial score (nSPS) is 32.1. The van der Waals surface area contributed by atoms with Gasteiger partial charge in [-0.2, -0.15) is 0 Å². The maximum atomic E-state index is 9.92. The summed E-state index contributed by atoms with van der Waals surface area (Å²) < 4.78 is 0. The van der Waals surface area contributed by atoms with Crippen molar-refractivity contribution in [3.05, 3.63) is 0 Å². The molecule has 0 aromatic rings. The summed E-state index contributed by atoms with van der Waals surface area (Å²) in [6.07, 6.45) is 4.61. The molecule has 0 saturated carbocycles. The Morgan fingerprint density at radius 1 is 1.19 bits per heavy atom. The standard InChI is InChI=1S/C12H25N3O/c1-13-12(16)15-7-3-4-11(15)10-5-8-14(2)9-6-10/h10-13,16H,3-9H2,1-2H3. The van der Waals surface area contributed by atoms with Crippen LogP contribution in [0, 0.1) is 5.92 Å². The number of piperidine rings is 1. The second-order valence-electron chi connectivity index (χ2n) is 5.25. The third kappa shape index (κ3) is 2.56. The molecule has 94 valence electrons. The Morgan fingerprint density at radius 3 is 2.50 bits per heavy atom. The van der Waals surface area contributed by atoms with E-state index in [0.29, 0.717) is 6.04 Å². The van der Waals surface area contributed by atoms with Crippen molar-refractivity contribution < 1.29 is 5.11 Å². The Kier molecular flexibility index (Phi) is 4.19. The molecule has 2 N–H and O–H groups in total. The molecule has 2 saturated heterocycles. The van der Waals surface area contributed by atoms with Crippen LogP contribution in [0.15, 0.2) is 0 Å². The van der Waals surface area contributed by atoms with Gasteiger partial charge in [0.25, 0.3) is 0 Å². The van der Waals surface area contributed by atoms with Gasteiger partial charge in [0.1, 0.15) is 0 Å². The summed E-state index contributed by atoms with van der Waals surface area (Å²) >= 11 is 0. The maximum Gasteiger partial charge on any atom is 0.163 e. The molecule has 2 aliphatic rings. The van der Waals surface area contributed by atoms with Gasteiger partial charge in [0.05, 0.1) is 0 Å². The molecular weight excluding hydrogens is 202 g/mol. The minimum atomic E-state index is -0.452. The third-order valence-electron chi connectivity index (χ3n) is 4.22. The highest BCUT2D eigenvalue weighted by molar-refractivity contribution is 4.88. The predicted octanol–water partition coefficient (Wildman–Crippen LogP) is 0.288. The van der Waals surface area contributed by atoms with Crippen LogP contribution in [0.5, 0.6) is 0 Å². The lowest BCUT2D eigenvalue weighted by atomic mass is 9.88. The zero-order chi connectivity index (χ0) is 11.5. The van der Waals surface area contributed by atoms with E-state index < -0.39 is 6.35 Å². The van der Waals surface area contributed by atoms with E-state index in [-0.39, 0.29) is 0 Å².